The molecule has 0 radical (unpaired) electrons. The number of nitrogens with two attached hydrogens (primary N) is 1. The SMILES string of the molecule is CSCCCCNc1ccc(C(=O)N(C)C)cc1N. The fourth-order valence-electron chi connectivity index (χ4n) is 1.71. The second kappa shape index (κ2) is 7.94. The van der Waals surface area contributed by atoms with Crippen LogP contribution in [0.15, 0.2) is 18.2 Å². The molecule has 0 aliphatic heterocycles. The number of carbonyl (C=O) groups excluding carboxylic acids is 1. The lowest BCUT2D eigenvalue weighted by Crippen LogP contribution is -2.21. The number of nitrogens with zero attached hydrogens (tertiary/aromatic N) is 1. The molecule has 0 fully saturated rings. The first-order valence-corrected chi connectivity index (χ1v) is 7.79. The van der Waals surface area contributed by atoms with Gasteiger partial charge in [0.25, 0.3) is 5.91 Å². The summed E-state index contributed by atoms with van der Waals surface area (Å²) >= 11 is 1.86. The Hall–Kier alpha value is -1.36. The van der Waals surface area contributed by atoms with Crippen molar-refractivity contribution in [3.05, 3.63) is 23.8 Å². The second-order valence-corrected chi connectivity index (χ2v) is 5.61. The first kappa shape index (κ1) is 15.7. The number of nitrogen functional groups attached to an aromatic ring is 1. The van der Waals surface area contributed by atoms with E-state index in [4.69, 9.17) is 5.73 Å². The Balaban J connectivity index is 2.55. The van der Waals surface area contributed by atoms with E-state index in [1.807, 2.05) is 23.9 Å². The van der Waals surface area contributed by atoms with Gasteiger partial charge in [-0.05, 0) is 43.0 Å². The quantitative estimate of drug-likeness (QED) is 0.595. The number of benzene rings is 1. The molecule has 0 heterocycles. The van der Waals surface area contributed by atoms with Crippen molar-refractivity contribution < 1.29 is 4.79 Å². The molecule has 19 heavy (non-hydrogen) atoms. The molecule has 0 aliphatic rings. The fourth-order valence-corrected chi connectivity index (χ4v) is 2.20. The highest BCUT2D eigenvalue weighted by Gasteiger charge is 2.09. The first-order valence-electron chi connectivity index (χ1n) is 6.40. The van der Waals surface area contributed by atoms with Gasteiger partial charge in [0.05, 0.1) is 11.4 Å². The predicted octanol–water partition coefficient (Wildman–Crippen LogP) is 2.53. The summed E-state index contributed by atoms with van der Waals surface area (Å²) in [4.78, 5) is 13.3. The van der Waals surface area contributed by atoms with Gasteiger partial charge < -0.3 is 16.0 Å². The lowest BCUT2D eigenvalue weighted by molar-refractivity contribution is 0.0827. The lowest BCUT2D eigenvalue weighted by Gasteiger charge is -2.13. The van der Waals surface area contributed by atoms with Crippen LogP contribution in [-0.2, 0) is 0 Å². The largest absolute Gasteiger partial charge is 0.397 e. The van der Waals surface area contributed by atoms with E-state index < -0.39 is 0 Å². The number of amides is 1. The number of hydrogen-bond donors (Lipinski definition) is 2. The van der Waals surface area contributed by atoms with Gasteiger partial charge in [0.2, 0.25) is 0 Å². The first-order chi connectivity index (χ1) is 9.06. The molecule has 4 nitrogen and oxygen atoms in total. The normalized spacial score (nSPS) is 10.3. The Labute approximate surface area is 119 Å². The average molecular weight is 281 g/mol. The number of thioether (sulfide) groups is 1. The molecule has 0 spiro atoms. The van der Waals surface area contributed by atoms with Gasteiger partial charge in [-0.1, -0.05) is 0 Å². The van der Waals surface area contributed by atoms with Crippen molar-refractivity contribution in [2.24, 2.45) is 0 Å². The third-order valence-corrected chi connectivity index (χ3v) is 3.49. The molecule has 0 saturated heterocycles. The average Bonchev–Trinajstić information content (AvgIpc) is 2.39. The Bertz CT molecular complexity index is 421. The standard InChI is InChI=1S/C14H23N3OS/c1-17(2)14(18)11-6-7-13(12(15)10-11)16-8-4-5-9-19-3/h6-7,10,16H,4-5,8-9,15H2,1-3H3. The van der Waals surface area contributed by atoms with Crippen molar-refractivity contribution in [1.82, 2.24) is 4.90 Å². The van der Waals surface area contributed by atoms with Crippen molar-refractivity contribution in [2.75, 3.05) is 43.7 Å². The Morgan fingerprint density at radius 2 is 2.11 bits per heavy atom. The summed E-state index contributed by atoms with van der Waals surface area (Å²) in [5, 5.41) is 3.31. The molecular weight excluding hydrogens is 258 g/mol. The van der Waals surface area contributed by atoms with E-state index in [0.29, 0.717) is 11.3 Å². The summed E-state index contributed by atoms with van der Waals surface area (Å²) in [5.41, 5.74) is 8.11. The number of hydrogen-bond acceptors (Lipinski definition) is 4. The van der Waals surface area contributed by atoms with Crippen molar-refractivity contribution >= 4 is 29.0 Å². The van der Waals surface area contributed by atoms with Crippen molar-refractivity contribution in [2.45, 2.75) is 12.8 Å². The van der Waals surface area contributed by atoms with E-state index in [9.17, 15) is 4.79 Å². The molecule has 0 atom stereocenters. The minimum absolute atomic E-state index is 0.0294. The number of carbonyl (C=O) groups is 1. The van der Waals surface area contributed by atoms with Gasteiger partial charge in [-0.3, -0.25) is 4.79 Å². The zero-order chi connectivity index (χ0) is 14.3. The third kappa shape index (κ3) is 5.03. The molecule has 0 unspecified atom stereocenters. The van der Waals surface area contributed by atoms with E-state index in [1.54, 1.807) is 25.1 Å². The summed E-state index contributed by atoms with van der Waals surface area (Å²) < 4.78 is 0. The summed E-state index contributed by atoms with van der Waals surface area (Å²) in [6.45, 7) is 0.908. The maximum absolute atomic E-state index is 11.8. The zero-order valence-corrected chi connectivity index (χ0v) is 12.7. The van der Waals surface area contributed by atoms with Crippen LogP contribution < -0.4 is 11.1 Å². The Morgan fingerprint density at radius 1 is 1.37 bits per heavy atom. The van der Waals surface area contributed by atoms with E-state index in [-0.39, 0.29) is 5.91 Å². The number of rotatable bonds is 7. The number of nitrogens with one attached hydrogen (secondary N) is 1. The minimum atomic E-state index is -0.0294. The van der Waals surface area contributed by atoms with Gasteiger partial charge in [-0.2, -0.15) is 11.8 Å². The molecule has 1 rings (SSSR count). The molecule has 1 aromatic carbocycles. The van der Waals surface area contributed by atoms with Gasteiger partial charge in [0.1, 0.15) is 0 Å². The summed E-state index contributed by atoms with van der Waals surface area (Å²) in [6, 6.07) is 5.41. The monoisotopic (exact) mass is 281 g/mol. The van der Waals surface area contributed by atoms with E-state index in [2.05, 4.69) is 11.6 Å². The zero-order valence-electron chi connectivity index (χ0n) is 11.9. The van der Waals surface area contributed by atoms with Crippen molar-refractivity contribution in [3.63, 3.8) is 0 Å². The smallest absolute Gasteiger partial charge is 0.253 e. The van der Waals surface area contributed by atoms with Gasteiger partial charge in [-0.15, -0.1) is 0 Å². The van der Waals surface area contributed by atoms with Gasteiger partial charge in [0, 0.05) is 26.2 Å². The van der Waals surface area contributed by atoms with Crippen LogP contribution in [0.4, 0.5) is 11.4 Å². The van der Waals surface area contributed by atoms with E-state index in [1.165, 1.54) is 12.2 Å². The Kier molecular flexibility index (Phi) is 6.56. The summed E-state index contributed by atoms with van der Waals surface area (Å²) in [6.07, 6.45) is 4.44. The lowest BCUT2D eigenvalue weighted by atomic mass is 10.1. The Morgan fingerprint density at radius 3 is 2.68 bits per heavy atom. The van der Waals surface area contributed by atoms with Crippen LogP contribution >= 0.6 is 11.8 Å². The third-order valence-electron chi connectivity index (χ3n) is 2.80. The van der Waals surface area contributed by atoms with Crippen LogP contribution in [0, 0.1) is 0 Å². The van der Waals surface area contributed by atoms with Crippen LogP contribution in [0.5, 0.6) is 0 Å². The maximum atomic E-state index is 11.8. The summed E-state index contributed by atoms with van der Waals surface area (Å²) in [5.74, 6) is 1.16. The highest BCUT2D eigenvalue weighted by atomic mass is 32.2. The molecule has 0 saturated carbocycles. The molecule has 5 heteroatoms. The van der Waals surface area contributed by atoms with Crippen LogP contribution in [0.25, 0.3) is 0 Å². The number of unbranched alkanes of at least 4 members (excludes halogenated alkanes) is 1. The van der Waals surface area contributed by atoms with Crippen molar-refractivity contribution in [3.8, 4) is 0 Å². The molecule has 3 N–H and O–H groups in total. The van der Waals surface area contributed by atoms with Gasteiger partial charge >= 0.3 is 0 Å². The molecule has 1 amide bonds. The highest BCUT2D eigenvalue weighted by Crippen LogP contribution is 2.20. The van der Waals surface area contributed by atoms with Gasteiger partial charge in [-0.25, -0.2) is 0 Å². The fraction of sp³-hybridized carbons (Fsp3) is 0.500. The molecule has 1 aromatic rings. The molecule has 0 aromatic heterocycles. The maximum Gasteiger partial charge on any atom is 0.253 e. The topological polar surface area (TPSA) is 58.4 Å². The molecule has 106 valence electrons. The minimum Gasteiger partial charge on any atom is -0.397 e. The molecule has 0 bridgehead atoms. The molecule has 0 aliphatic carbocycles. The summed E-state index contributed by atoms with van der Waals surface area (Å²) in [7, 11) is 3.47. The van der Waals surface area contributed by atoms with Crippen molar-refractivity contribution in [1.29, 1.82) is 0 Å². The predicted molar refractivity (Wildman–Crippen MR) is 85.0 cm³/mol. The van der Waals surface area contributed by atoms with Crippen LogP contribution in [-0.4, -0.2) is 43.5 Å². The second-order valence-electron chi connectivity index (χ2n) is 4.63. The van der Waals surface area contributed by atoms with E-state index in [0.717, 1.165) is 18.7 Å². The highest BCUT2D eigenvalue weighted by molar-refractivity contribution is 7.98. The van der Waals surface area contributed by atoms with Gasteiger partial charge in [0.15, 0.2) is 0 Å². The van der Waals surface area contributed by atoms with E-state index >= 15 is 0 Å². The number of anilines is 2. The van der Waals surface area contributed by atoms with Crippen LogP contribution in [0.1, 0.15) is 23.2 Å². The van der Waals surface area contributed by atoms with Crippen LogP contribution in [0.2, 0.25) is 0 Å². The molecular formula is C14H23N3OS. The van der Waals surface area contributed by atoms with Crippen LogP contribution in [0.3, 0.4) is 0 Å².